The van der Waals surface area contributed by atoms with Gasteiger partial charge in [0.05, 0.1) is 0 Å². The lowest BCUT2D eigenvalue weighted by Gasteiger charge is -2.12. The summed E-state index contributed by atoms with van der Waals surface area (Å²) in [5.41, 5.74) is 1.37. The number of benzene rings is 1. The van der Waals surface area contributed by atoms with E-state index in [1.807, 2.05) is 23.5 Å². The molecule has 1 nitrogen and oxygen atoms in total. The lowest BCUT2D eigenvalue weighted by Crippen LogP contribution is -2.17. The summed E-state index contributed by atoms with van der Waals surface area (Å²) in [6, 6.07) is 9.38. The highest BCUT2D eigenvalue weighted by Gasteiger charge is 2.02. The fourth-order valence-corrected chi connectivity index (χ4v) is 3.08. The quantitative estimate of drug-likeness (QED) is 0.588. The minimum absolute atomic E-state index is 0.454. The van der Waals surface area contributed by atoms with Crippen molar-refractivity contribution in [3.8, 4) is 0 Å². The smallest absolute Gasteiger partial charge is 0.0291 e. The molecule has 0 fully saturated rings. The normalized spacial score (nSPS) is 12.7. The van der Waals surface area contributed by atoms with Gasteiger partial charge in [0.15, 0.2) is 0 Å². The zero-order valence-corrected chi connectivity index (χ0v) is 12.0. The lowest BCUT2D eigenvalue weighted by atomic mass is 10.1. The second kappa shape index (κ2) is 8.04. The first-order valence-electron chi connectivity index (χ1n) is 5.73. The maximum Gasteiger partial charge on any atom is 0.0291 e. The molecule has 3 heteroatoms. The standard InChI is InChI=1S/C13H21NS2/c1-4-14-11(2)12-5-7-13(8-6-12)16-10-9-15-3/h5-8,11,14H,4,9-10H2,1-3H3. The average Bonchev–Trinajstić information content (AvgIpc) is 2.30. The van der Waals surface area contributed by atoms with E-state index in [0.717, 1.165) is 6.54 Å². The summed E-state index contributed by atoms with van der Waals surface area (Å²) in [6.45, 7) is 5.37. The average molecular weight is 255 g/mol. The van der Waals surface area contributed by atoms with Crippen LogP contribution in [-0.2, 0) is 0 Å². The minimum atomic E-state index is 0.454. The zero-order valence-electron chi connectivity index (χ0n) is 10.3. The Morgan fingerprint density at radius 2 is 1.88 bits per heavy atom. The highest BCUT2D eigenvalue weighted by molar-refractivity contribution is 8.02. The molecule has 1 unspecified atom stereocenters. The van der Waals surface area contributed by atoms with Crippen LogP contribution in [-0.4, -0.2) is 24.3 Å². The Kier molecular flexibility index (Phi) is 7.01. The molecule has 0 saturated heterocycles. The molecule has 1 rings (SSSR count). The maximum atomic E-state index is 3.42. The summed E-state index contributed by atoms with van der Waals surface area (Å²) in [5.74, 6) is 2.42. The van der Waals surface area contributed by atoms with Gasteiger partial charge < -0.3 is 5.32 Å². The molecule has 1 atom stereocenters. The molecule has 0 saturated carbocycles. The fraction of sp³-hybridized carbons (Fsp3) is 0.538. The Labute approximate surface area is 108 Å². The van der Waals surface area contributed by atoms with Gasteiger partial charge in [-0.05, 0) is 37.4 Å². The van der Waals surface area contributed by atoms with Crippen LogP contribution in [0.2, 0.25) is 0 Å². The molecule has 0 aliphatic carbocycles. The van der Waals surface area contributed by atoms with Gasteiger partial charge in [-0.2, -0.15) is 11.8 Å². The number of rotatable bonds is 7. The molecule has 1 N–H and O–H groups in total. The monoisotopic (exact) mass is 255 g/mol. The maximum absolute atomic E-state index is 3.42. The van der Waals surface area contributed by atoms with Crippen LogP contribution in [0.15, 0.2) is 29.2 Å². The topological polar surface area (TPSA) is 12.0 Å². The van der Waals surface area contributed by atoms with Gasteiger partial charge in [0.25, 0.3) is 0 Å². The van der Waals surface area contributed by atoms with Crippen molar-refractivity contribution >= 4 is 23.5 Å². The summed E-state index contributed by atoms with van der Waals surface area (Å²) in [4.78, 5) is 1.38. The Hall–Kier alpha value is -0.120. The largest absolute Gasteiger partial charge is 0.310 e. The van der Waals surface area contributed by atoms with E-state index >= 15 is 0 Å². The van der Waals surface area contributed by atoms with Crippen LogP contribution < -0.4 is 5.32 Å². The molecule has 0 amide bonds. The molecular formula is C13H21NS2. The molecule has 0 spiro atoms. The van der Waals surface area contributed by atoms with Gasteiger partial charge in [0.1, 0.15) is 0 Å². The SMILES string of the molecule is CCNC(C)c1ccc(SCCSC)cc1. The van der Waals surface area contributed by atoms with Gasteiger partial charge in [-0.25, -0.2) is 0 Å². The first-order valence-corrected chi connectivity index (χ1v) is 8.11. The van der Waals surface area contributed by atoms with Crippen molar-refractivity contribution in [2.75, 3.05) is 24.3 Å². The number of nitrogens with one attached hydrogen (secondary N) is 1. The molecule has 90 valence electrons. The van der Waals surface area contributed by atoms with Crippen molar-refractivity contribution in [1.82, 2.24) is 5.32 Å². The Balaban J connectivity index is 2.47. The number of hydrogen-bond donors (Lipinski definition) is 1. The number of hydrogen-bond acceptors (Lipinski definition) is 3. The summed E-state index contributed by atoms with van der Waals surface area (Å²) in [7, 11) is 0. The second-order valence-electron chi connectivity index (χ2n) is 3.69. The molecule has 1 aromatic carbocycles. The number of thioether (sulfide) groups is 2. The van der Waals surface area contributed by atoms with E-state index < -0.39 is 0 Å². The van der Waals surface area contributed by atoms with Gasteiger partial charge in [-0.15, -0.1) is 11.8 Å². The van der Waals surface area contributed by atoms with Crippen molar-refractivity contribution in [2.45, 2.75) is 24.8 Å². The molecular weight excluding hydrogens is 234 g/mol. The third-order valence-electron chi connectivity index (χ3n) is 2.45. The highest BCUT2D eigenvalue weighted by Crippen LogP contribution is 2.21. The first-order chi connectivity index (χ1) is 7.77. The van der Waals surface area contributed by atoms with Gasteiger partial charge >= 0.3 is 0 Å². The molecule has 0 heterocycles. The lowest BCUT2D eigenvalue weighted by molar-refractivity contribution is 0.598. The van der Waals surface area contributed by atoms with Crippen LogP contribution in [0, 0.1) is 0 Å². The zero-order chi connectivity index (χ0) is 11.8. The van der Waals surface area contributed by atoms with Gasteiger partial charge in [-0.3, -0.25) is 0 Å². The predicted octanol–water partition coefficient (Wildman–Crippen LogP) is 3.81. The van der Waals surface area contributed by atoms with Crippen molar-refractivity contribution < 1.29 is 0 Å². The summed E-state index contributed by atoms with van der Waals surface area (Å²) >= 11 is 3.84. The summed E-state index contributed by atoms with van der Waals surface area (Å²) in [5, 5.41) is 3.42. The van der Waals surface area contributed by atoms with Crippen molar-refractivity contribution in [1.29, 1.82) is 0 Å². The first kappa shape index (κ1) is 13.9. The van der Waals surface area contributed by atoms with Gasteiger partial charge in [0, 0.05) is 22.4 Å². The van der Waals surface area contributed by atoms with E-state index in [9.17, 15) is 0 Å². The van der Waals surface area contributed by atoms with Crippen molar-refractivity contribution in [3.05, 3.63) is 29.8 Å². The second-order valence-corrected chi connectivity index (χ2v) is 5.84. The van der Waals surface area contributed by atoms with Crippen LogP contribution in [0.5, 0.6) is 0 Å². The Morgan fingerprint density at radius 3 is 2.44 bits per heavy atom. The minimum Gasteiger partial charge on any atom is -0.310 e. The Bertz CT molecular complexity index is 284. The van der Waals surface area contributed by atoms with Gasteiger partial charge in [-0.1, -0.05) is 19.1 Å². The van der Waals surface area contributed by atoms with E-state index in [4.69, 9.17) is 0 Å². The van der Waals surface area contributed by atoms with Crippen LogP contribution in [0.3, 0.4) is 0 Å². The van der Waals surface area contributed by atoms with E-state index in [-0.39, 0.29) is 0 Å². The Morgan fingerprint density at radius 1 is 1.19 bits per heavy atom. The van der Waals surface area contributed by atoms with Crippen LogP contribution in [0.1, 0.15) is 25.5 Å². The molecule has 0 aromatic heterocycles. The molecule has 16 heavy (non-hydrogen) atoms. The van der Waals surface area contributed by atoms with Crippen LogP contribution in [0.25, 0.3) is 0 Å². The molecule has 0 aliphatic rings. The molecule has 1 aromatic rings. The van der Waals surface area contributed by atoms with Crippen LogP contribution >= 0.6 is 23.5 Å². The van der Waals surface area contributed by atoms with Crippen molar-refractivity contribution in [3.63, 3.8) is 0 Å². The fourth-order valence-electron chi connectivity index (χ4n) is 1.52. The highest BCUT2D eigenvalue weighted by atomic mass is 32.2. The van der Waals surface area contributed by atoms with E-state index in [1.54, 1.807) is 0 Å². The molecule has 0 aliphatic heterocycles. The van der Waals surface area contributed by atoms with Crippen molar-refractivity contribution in [2.24, 2.45) is 0 Å². The molecule has 0 radical (unpaired) electrons. The van der Waals surface area contributed by atoms with Crippen LogP contribution in [0.4, 0.5) is 0 Å². The third kappa shape index (κ3) is 4.81. The predicted molar refractivity (Wildman–Crippen MR) is 77.6 cm³/mol. The van der Waals surface area contributed by atoms with Gasteiger partial charge in [0.2, 0.25) is 0 Å². The molecule has 0 bridgehead atoms. The summed E-state index contributed by atoms with van der Waals surface area (Å²) < 4.78 is 0. The third-order valence-corrected chi connectivity index (χ3v) is 4.33. The van der Waals surface area contributed by atoms with E-state index in [2.05, 4.69) is 49.7 Å². The van der Waals surface area contributed by atoms with E-state index in [0.29, 0.717) is 6.04 Å². The summed E-state index contributed by atoms with van der Waals surface area (Å²) in [6.07, 6.45) is 2.15. The van der Waals surface area contributed by atoms with E-state index in [1.165, 1.54) is 22.0 Å².